The van der Waals surface area contributed by atoms with E-state index < -0.39 is 11.7 Å². The summed E-state index contributed by atoms with van der Waals surface area (Å²) in [5.41, 5.74) is -0.322. The number of anilines is 1. The minimum atomic E-state index is -4.42. The van der Waals surface area contributed by atoms with E-state index in [-0.39, 0.29) is 11.1 Å². The van der Waals surface area contributed by atoms with Gasteiger partial charge in [-0.1, -0.05) is 50.6 Å². The summed E-state index contributed by atoms with van der Waals surface area (Å²) in [6.45, 7) is 4.16. The van der Waals surface area contributed by atoms with E-state index in [0.717, 1.165) is 18.9 Å². The lowest BCUT2D eigenvalue weighted by molar-refractivity contribution is -0.137. The third kappa shape index (κ3) is 6.60. The number of hydrogen-bond donors (Lipinski definition) is 1. The monoisotopic (exact) mass is 321 g/mol. The summed E-state index contributed by atoms with van der Waals surface area (Å²) in [5, 5.41) is 2.85. The van der Waals surface area contributed by atoms with Crippen LogP contribution in [-0.2, 0) is 6.18 Å². The van der Waals surface area contributed by atoms with Crippen molar-refractivity contribution in [1.29, 1.82) is 0 Å². The molecule has 1 aromatic rings. The second kappa shape index (κ2) is 8.52. The van der Waals surface area contributed by atoms with E-state index in [1.54, 1.807) is 6.07 Å². The van der Waals surface area contributed by atoms with Gasteiger partial charge in [0.2, 0.25) is 0 Å². The molecule has 0 saturated heterocycles. The van der Waals surface area contributed by atoms with Crippen molar-refractivity contribution in [3.05, 3.63) is 28.8 Å². The van der Waals surface area contributed by atoms with Gasteiger partial charge in [0.05, 0.1) is 10.6 Å². The van der Waals surface area contributed by atoms with Gasteiger partial charge in [-0.25, -0.2) is 0 Å². The fourth-order valence-corrected chi connectivity index (χ4v) is 2.47. The van der Waals surface area contributed by atoms with Crippen LogP contribution < -0.4 is 5.32 Å². The quantitative estimate of drug-likeness (QED) is 0.537. The van der Waals surface area contributed by atoms with Crippen molar-refractivity contribution in [2.24, 2.45) is 0 Å². The van der Waals surface area contributed by atoms with E-state index in [1.807, 2.05) is 6.92 Å². The average Bonchev–Trinajstić information content (AvgIpc) is 2.39. The molecule has 1 aromatic carbocycles. The Morgan fingerprint density at radius 1 is 1.14 bits per heavy atom. The van der Waals surface area contributed by atoms with Crippen LogP contribution in [0.15, 0.2) is 18.2 Å². The van der Waals surface area contributed by atoms with Crippen LogP contribution in [0.25, 0.3) is 0 Å². The zero-order chi connectivity index (χ0) is 15.9. The van der Waals surface area contributed by atoms with Crippen molar-refractivity contribution >= 4 is 17.3 Å². The molecular formula is C16H23ClF3N. The van der Waals surface area contributed by atoms with Gasteiger partial charge in [-0.3, -0.25) is 0 Å². The van der Waals surface area contributed by atoms with Gasteiger partial charge in [0, 0.05) is 11.7 Å². The van der Waals surface area contributed by atoms with Crippen LogP contribution in [0.5, 0.6) is 0 Å². The largest absolute Gasteiger partial charge is 0.417 e. The zero-order valence-electron chi connectivity index (χ0n) is 12.6. The molecule has 0 saturated carbocycles. The van der Waals surface area contributed by atoms with Crippen LogP contribution in [0.2, 0.25) is 5.02 Å². The number of nitrogens with one attached hydrogen (secondary N) is 1. The Labute approximate surface area is 129 Å². The van der Waals surface area contributed by atoms with Gasteiger partial charge >= 0.3 is 6.18 Å². The first-order chi connectivity index (χ1) is 9.84. The molecule has 120 valence electrons. The average molecular weight is 322 g/mol. The first-order valence-corrected chi connectivity index (χ1v) is 7.85. The predicted octanol–water partition coefficient (Wildman–Crippen LogP) is 6.52. The van der Waals surface area contributed by atoms with Gasteiger partial charge in [0.15, 0.2) is 0 Å². The third-order valence-electron chi connectivity index (χ3n) is 3.43. The lowest BCUT2D eigenvalue weighted by Crippen LogP contribution is -2.16. The molecule has 0 aliphatic rings. The van der Waals surface area contributed by atoms with E-state index in [9.17, 15) is 13.2 Å². The normalized spacial score (nSPS) is 13.2. The van der Waals surface area contributed by atoms with Crippen LogP contribution >= 0.6 is 11.6 Å². The van der Waals surface area contributed by atoms with E-state index in [2.05, 4.69) is 12.2 Å². The molecule has 21 heavy (non-hydrogen) atoms. The number of alkyl halides is 3. The maximum Gasteiger partial charge on any atom is 0.417 e. The van der Waals surface area contributed by atoms with Gasteiger partial charge in [0.25, 0.3) is 0 Å². The highest BCUT2D eigenvalue weighted by Crippen LogP contribution is 2.36. The molecular weight excluding hydrogens is 299 g/mol. The summed E-state index contributed by atoms with van der Waals surface area (Å²) in [7, 11) is 0. The van der Waals surface area contributed by atoms with Gasteiger partial charge in [0.1, 0.15) is 0 Å². The minimum absolute atomic E-state index is 0.147. The summed E-state index contributed by atoms with van der Waals surface area (Å²) < 4.78 is 38.3. The first-order valence-electron chi connectivity index (χ1n) is 7.48. The highest BCUT2D eigenvalue weighted by molar-refractivity contribution is 6.31. The van der Waals surface area contributed by atoms with Crippen LogP contribution in [0, 0.1) is 0 Å². The Bertz CT molecular complexity index is 432. The standard InChI is InChI=1S/C16H23ClF3N/c1-3-4-5-6-7-8-12(2)21-13-9-10-15(17)14(11-13)16(18,19)20/h9-12,21H,3-8H2,1-2H3. The van der Waals surface area contributed by atoms with Crippen LogP contribution in [0.1, 0.15) is 57.9 Å². The highest BCUT2D eigenvalue weighted by atomic mass is 35.5. The van der Waals surface area contributed by atoms with Crippen molar-refractivity contribution < 1.29 is 13.2 Å². The predicted molar refractivity (Wildman–Crippen MR) is 82.9 cm³/mol. The molecule has 0 amide bonds. The fourth-order valence-electron chi connectivity index (χ4n) is 2.24. The molecule has 1 atom stereocenters. The van der Waals surface area contributed by atoms with E-state index in [0.29, 0.717) is 5.69 Å². The Kier molecular flexibility index (Phi) is 7.36. The smallest absolute Gasteiger partial charge is 0.383 e. The molecule has 0 fully saturated rings. The Balaban J connectivity index is 2.51. The summed E-state index contributed by atoms with van der Waals surface area (Å²) >= 11 is 5.60. The van der Waals surface area contributed by atoms with Crippen molar-refractivity contribution in [1.82, 2.24) is 0 Å². The molecule has 0 bridgehead atoms. The Hall–Kier alpha value is -0.900. The van der Waals surface area contributed by atoms with Gasteiger partial charge < -0.3 is 5.32 Å². The molecule has 0 aromatic heterocycles. The second-order valence-electron chi connectivity index (χ2n) is 5.44. The topological polar surface area (TPSA) is 12.0 Å². The molecule has 1 rings (SSSR count). The van der Waals surface area contributed by atoms with Gasteiger partial charge in [-0.15, -0.1) is 0 Å². The fraction of sp³-hybridized carbons (Fsp3) is 0.625. The molecule has 0 heterocycles. The Morgan fingerprint density at radius 3 is 2.43 bits per heavy atom. The molecule has 1 unspecified atom stereocenters. The molecule has 0 spiro atoms. The third-order valence-corrected chi connectivity index (χ3v) is 3.76. The maximum absolute atomic E-state index is 12.8. The lowest BCUT2D eigenvalue weighted by atomic mass is 10.1. The molecule has 1 nitrogen and oxygen atoms in total. The van der Waals surface area contributed by atoms with Crippen molar-refractivity contribution in [3.8, 4) is 0 Å². The van der Waals surface area contributed by atoms with E-state index in [1.165, 1.54) is 31.7 Å². The minimum Gasteiger partial charge on any atom is -0.383 e. The van der Waals surface area contributed by atoms with Gasteiger partial charge in [-0.05, 0) is 31.5 Å². The van der Waals surface area contributed by atoms with Crippen molar-refractivity contribution in [2.45, 2.75) is 64.6 Å². The van der Waals surface area contributed by atoms with Crippen molar-refractivity contribution in [2.75, 3.05) is 5.32 Å². The number of halogens is 4. The first kappa shape index (κ1) is 18.1. The van der Waals surface area contributed by atoms with Gasteiger partial charge in [-0.2, -0.15) is 13.2 Å². The molecule has 0 radical (unpaired) electrons. The number of unbranched alkanes of at least 4 members (excludes halogenated alkanes) is 4. The molecule has 5 heteroatoms. The molecule has 0 aliphatic heterocycles. The summed E-state index contributed by atoms with van der Waals surface area (Å²) in [5.74, 6) is 0. The molecule has 1 N–H and O–H groups in total. The Morgan fingerprint density at radius 2 is 1.81 bits per heavy atom. The second-order valence-corrected chi connectivity index (χ2v) is 5.85. The lowest BCUT2D eigenvalue weighted by Gasteiger charge is -2.17. The summed E-state index contributed by atoms with van der Waals surface area (Å²) in [6.07, 6.45) is 2.48. The van der Waals surface area contributed by atoms with E-state index in [4.69, 9.17) is 11.6 Å². The number of rotatable bonds is 8. The maximum atomic E-state index is 12.8. The summed E-state index contributed by atoms with van der Waals surface area (Å²) in [4.78, 5) is 0. The van der Waals surface area contributed by atoms with E-state index >= 15 is 0 Å². The van der Waals surface area contributed by atoms with Crippen LogP contribution in [0.4, 0.5) is 18.9 Å². The number of benzene rings is 1. The number of hydrogen-bond acceptors (Lipinski definition) is 1. The zero-order valence-corrected chi connectivity index (χ0v) is 13.3. The highest BCUT2D eigenvalue weighted by Gasteiger charge is 2.33. The van der Waals surface area contributed by atoms with Crippen molar-refractivity contribution in [3.63, 3.8) is 0 Å². The molecule has 0 aliphatic carbocycles. The van der Waals surface area contributed by atoms with Crippen LogP contribution in [-0.4, -0.2) is 6.04 Å². The van der Waals surface area contributed by atoms with Crippen LogP contribution in [0.3, 0.4) is 0 Å². The SMILES string of the molecule is CCCCCCCC(C)Nc1ccc(Cl)c(C(F)(F)F)c1. The summed E-state index contributed by atoms with van der Waals surface area (Å²) in [6, 6.07) is 4.11.